The van der Waals surface area contributed by atoms with E-state index in [0.29, 0.717) is 6.54 Å². The lowest BCUT2D eigenvalue weighted by atomic mass is 10.1. The van der Waals surface area contributed by atoms with Crippen molar-refractivity contribution in [1.82, 2.24) is 5.32 Å². The molecule has 2 rings (SSSR count). The van der Waals surface area contributed by atoms with Crippen molar-refractivity contribution in [1.29, 1.82) is 0 Å². The lowest BCUT2D eigenvalue weighted by Crippen LogP contribution is -2.26. The van der Waals surface area contributed by atoms with E-state index in [1.54, 1.807) is 11.8 Å². The zero-order valence-electron chi connectivity index (χ0n) is 14.0. The van der Waals surface area contributed by atoms with Crippen LogP contribution in [-0.2, 0) is 6.42 Å². The minimum Gasteiger partial charge on any atom is -0.378 e. The first-order valence-corrected chi connectivity index (χ1v) is 8.86. The monoisotopic (exact) mass is 328 g/mol. The molecule has 0 aliphatic rings. The van der Waals surface area contributed by atoms with Crippen LogP contribution in [-0.4, -0.2) is 32.3 Å². The fraction of sp³-hybridized carbons (Fsp3) is 0.316. The minimum atomic E-state index is 0.00598. The molecule has 23 heavy (non-hydrogen) atoms. The molecule has 0 aromatic heterocycles. The highest BCUT2D eigenvalue weighted by Gasteiger charge is 2.10. The summed E-state index contributed by atoms with van der Waals surface area (Å²) in [5.41, 5.74) is 3.18. The van der Waals surface area contributed by atoms with E-state index in [9.17, 15) is 4.79 Å². The molecule has 0 unspecified atom stereocenters. The molecule has 2 aromatic carbocycles. The number of amides is 1. The number of hydrogen-bond donors (Lipinski definition) is 1. The van der Waals surface area contributed by atoms with Gasteiger partial charge in [-0.1, -0.05) is 31.2 Å². The van der Waals surface area contributed by atoms with Gasteiger partial charge in [-0.15, -0.1) is 11.8 Å². The second kappa shape index (κ2) is 8.63. The zero-order valence-corrected chi connectivity index (χ0v) is 14.8. The molecule has 0 aliphatic carbocycles. The summed E-state index contributed by atoms with van der Waals surface area (Å²) >= 11 is 1.70. The number of nitrogens with one attached hydrogen (secondary N) is 1. The van der Waals surface area contributed by atoms with Gasteiger partial charge in [0.15, 0.2) is 0 Å². The molecule has 3 nitrogen and oxygen atoms in total. The lowest BCUT2D eigenvalue weighted by molar-refractivity contribution is 0.0951. The van der Waals surface area contributed by atoms with E-state index >= 15 is 0 Å². The number of anilines is 1. The van der Waals surface area contributed by atoms with Crippen molar-refractivity contribution in [2.45, 2.75) is 18.2 Å². The molecule has 0 heterocycles. The van der Waals surface area contributed by atoms with E-state index in [1.807, 2.05) is 38.4 Å². The Morgan fingerprint density at radius 2 is 1.78 bits per heavy atom. The van der Waals surface area contributed by atoms with Crippen LogP contribution < -0.4 is 10.2 Å². The molecular weight excluding hydrogens is 304 g/mol. The van der Waals surface area contributed by atoms with Crippen molar-refractivity contribution >= 4 is 23.4 Å². The molecule has 2 aromatic rings. The fourth-order valence-electron chi connectivity index (χ4n) is 2.31. The molecule has 122 valence electrons. The number of hydrogen-bond acceptors (Lipinski definition) is 3. The molecule has 4 heteroatoms. The third-order valence-electron chi connectivity index (χ3n) is 3.58. The zero-order chi connectivity index (χ0) is 16.7. The maximum Gasteiger partial charge on any atom is 0.252 e. The Hall–Kier alpha value is -1.94. The molecule has 0 aliphatic heterocycles. The van der Waals surface area contributed by atoms with Gasteiger partial charge in [0.05, 0.1) is 5.56 Å². The van der Waals surface area contributed by atoms with Crippen molar-refractivity contribution in [3.8, 4) is 0 Å². The van der Waals surface area contributed by atoms with Gasteiger partial charge in [-0.3, -0.25) is 4.79 Å². The maximum atomic E-state index is 12.3. The molecule has 0 fully saturated rings. The maximum absolute atomic E-state index is 12.3. The molecule has 1 N–H and O–H groups in total. The molecule has 0 spiro atoms. The van der Waals surface area contributed by atoms with Crippen LogP contribution in [0.1, 0.15) is 22.8 Å². The van der Waals surface area contributed by atoms with Crippen molar-refractivity contribution in [2.75, 3.05) is 31.3 Å². The summed E-state index contributed by atoms with van der Waals surface area (Å²) in [4.78, 5) is 15.5. The van der Waals surface area contributed by atoms with Gasteiger partial charge in [-0.05, 0) is 42.0 Å². The molecule has 0 saturated heterocycles. The summed E-state index contributed by atoms with van der Waals surface area (Å²) in [6, 6.07) is 16.2. The van der Waals surface area contributed by atoms with Crippen LogP contribution in [0.2, 0.25) is 0 Å². The van der Waals surface area contributed by atoms with E-state index in [2.05, 4.69) is 41.4 Å². The van der Waals surface area contributed by atoms with Crippen LogP contribution in [0.4, 0.5) is 5.69 Å². The number of benzene rings is 2. The van der Waals surface area contributed by atoms with Crippen molar-refractivity contribution in [3.63, 3.8) is 0 Å². The van der Waals surface area contributed by atoms with Crippen molar-refractivity contribution < 1.29 is 4.79 Å². The summed E-state index contributed by atoms with van der Waals surface area (Å²) in [5, 5.41) is 3.02. The average Bonchev–Trinajstić information content (AvgIpc) is 2.56. The molecule has 1 amide bonds. The van der Waals surface area contributed by atoms with Crippen molar-refractivity contribution in [3.05, 3.63) is 59.7 Å². The van der Waals surface area contributed by atoms with Gasteiger partial charge in [0, 0.05) is 31.2 Å². The Balaban J connectivity index is 1.90. The molecule has 0 saturated carbocycles. The Bertz CT molecular complexity index is 638. The van der Waals surface area contributed by atoms with Crippen molar-refractivity contribution in [2.24, 2.45) is 0 Å². The van der Waals surface area contributed by atoms with E-state index < -0.39 is 0 Å². The Morgan fingerprint density at radius 3 is 2.43 bits per heavy atom. The Kier molecular flexibility index (Phi) is 6.53. The summed E-state index contributed by atoms with van der Waals surface area (Å²) in [6.45, 7) is 2.74. The predicted molar refractivity (Wildman–Crippen MR) is 99.6 cm³/mol. The van der Waals surface area contributed by atoms with Gasteiger partial charge < -0.3 is 10.2 Å². The highest BCUT2D eigenvalue weighted by atomic mass is 32.2. The third kappa shape index (κ3) is 5.03. The largest absolute Gasteiger partial charge is 0.378 e. The second-order valence-electron chi connectivity index (χ2n) is 5.50. The quantitative estimate of drug-likeness (QED) is 0.784. The molecule has 0 atom stereocenters. The number of carbonyl (C=O) groups excluding carboxylic acids is 1. The standard InChI is InChI=1S/C19H24N2OS/c1-4-23-18-8-6-5-7-17(18)19(22)20-14-13-15-9-11-16(12-10-15)21(2)3/h5-12H,4,13-14H2,1-3H3,(H,20,22). The van der Waals surface area contributed by atoms with E-state index in [1.165, 1.54) is 11.3 Å². The number of thioether (sulfide) groups is 1. The van der Waals surface area contributed by atoms with Crippen LogP contribution in [0.15, 0.2) is 53.4 Å². The topological polar surface area (TPSA) is 32.3 Å². The fourth-order valence-corrected chi connectivity index (χ4v) is 3.11. The minimum absolute atomic E-state index is 0.00598. The highest BCUT2D eigenvalue weighted by molar-refractivity contribution is 7.99. The second-order valence-corrected chi connectivity index (χ2v) is 6.80. The smallest absolute Gasteiger partial charge is 0.252 e. The molecule has 0 bridgehead atoms. The average molecular weight is 328 g/mol. The number of rotatable bonds is 7. The lowest BCUT2D eigenvalue weighted by Gasteiger charge is -2.13. The van der Waals surface area contributed by atoms with Gasteiger partial charge in [0.1, 0.15) is 0 Å². The SMILES string of the molecule is CCSc1ccccc1C(=O)NCCc1ccc(N(C)C)cc1. The number of nitrogens with zero attached hydrogens (tertiary/aromatic N) is 1. The van der Waals surface area contributed by atoms with Crippen LogP contribution in [0.25, 0.3) is 0 Å². The first-order valence-electron chi connectivity index (χ1n) is 7.88. The Morgan fingerprint density at radius 1 is 1.09 bits per heavy atom. The van der Waals surface area contributed by atoms with E-state index in [4.69, 9.17) is 0 Å². The molecular formula is C19H24N2OS. The van der Waals surface area contributed by atoms with Gasteiger partial charge in [0.2, 0.25) is 0 Å². The summed E-state index contributed by atoms with van der Waals surface area (Å²) < 4.78 is 0. The van der Waals surface area contributed by atoms with Crippen LogP contribution in [0.5, 0.6) is 0 Å². The normalized spacial score (nSPS) is 10.4. The Labute approximate surface area is 143 Å². The summed E-state index contributed by atoms with van der Waals surface area (Å²) in [6.07, 6.45) is 0.836. The van der Waals surface area contributed by atoms with Crippen LogP contribution in [0.3, 0.4) is 0 Å². The van der Waals surface area contributed by atoms with Gasteiger partial charge in [-0.25, -0.2) is 0 Å². The third-order valence-corrected chi connectivity index (χ3v) is 4.54. The van der Waals surface area contributed by atoms with Gasteiger partial charge in [-0.2, -0.15) is 0 Å². The van der Waals surface area contributed by atoms with E-state index in [-0.39, 0.29) is 5.91 Å². The summed E-state index contributed by atoms with van der Waals surface area (Å²) in [7, 11) is 4.06. The number of carbonyl (C=O) groups is 1. The van der Waals surface area contributed by atoms with Gasteiger partial charge >= 0.3 is 0 Å². The summed E-state index contributed by atoms with van der Waals surface area (Å²) in [5.74, 6) is 0.967. The van der Waals surface area contributed by atoms with E-state index in [0.717, 1.165) is 22.6 Å². The van der Waals surface area contributed by atoms with Gasteiger partial charge in [0.25, 0.3) is 5.91 Å². The van der Waals surface area contributed by atoms with Crippen LogP contribution in [0, 0.1) is 0 Å². The first-order chi connectivity index (χ1) is 11.1. The molecule has 0 radical (unpaired) electrons. The first kappa shape index (κ1) is 17.4. The van der Waals surface area contributed by atoms with Crippen LogP contribution >= 0.6 is 11.8 Å². The predicted octanol–water partition coefficient (Wildman–Crippen LogP) is 3.84. The highest BCUT2D eigenvalue weighted by Crippen LogP contribution is 2.22.